The van der Waals surface area contributed by atoms with Gasteiger partial charge in [-0.25, -0.2) is 4.98 Å². The normalized spacial score (nSPS) is 16.4. The molecule has 1 aromatic carbocycles. The lowest BCUT2D eigenvalue weighted by molar-refractivity contribution is 0.0933. The van der Waals surface area contributed by atoms with Crippen LogP contribution in [-0.2, 0) is 7.05 Å². The van der Waals surface area contributed by atoms with Crippen LogP contribution >= 0.6 is 11.8 Å². The Labute approximate surface area is 161 Å². The van der Waals surface area contributed by atoms with Gasteiger partial charge in [0.15, 0.2) is 10.9 Å². The monoisotopic (exact) mass is 380 g/mol. The van der Waals surface area contributed by atoms with Crippen LogP contribution in [0.25, 0.3) is 11.3 Å². The number of hydrogen-bond acceptors (Lipinski definition) is 6. The van der Waals surface area contributed by atoms with Crippen molar-refractivity contribution in [1.82, 2.24) is 30.4 Å². The van der Waals surface area contributed by atoms with Crippen molar-refractivity contribution >= 4 is 17.7 Å². The molecule has 27 heavy (non-hydrogen) atoms. The highest BCUT2D eigenvalue weighted by atomic mass is 32.2. The van der Waals surface area contributed by atoms with Gasteiger partial charge in [-0.3, -0.25) is 4.79 Å². The first-order valence-electron chi connectivity index (χ1n) is 8.81. The van der Waals surface area contributed by atoms with Gasteiger partial charge in [0, 0.05) is 19.6 Å². The maximum Gasteiger partial charge on any atom is 0.272 e. The molecule has 2 aromatic heterocycles. The number of imidazole rings is 1. The Bertz CT molecular complexity index is 919. The maximum absolute atomic E-state index is 12.2. The number of carbonyl (C=O) groups excluding carboxylic acids is 1. The minimum Gasteiger partial charge on any atom is -0.347 e. The average molecular weight is 380 g/mol. The second kappa shape index (κ2) is 7.89. The number of carbonyl (C=O) groups is 1. The molecule has 1 aliphatic heterocycles. The molecule has 2 N–H and O–H groups in total. The molecular formula is C19H20N6OS. The smallest absolute Gasteiger partial charge is 0.272 e. The Balaban J connectivity index is 1.44. The van der Waals surface area contributed by atoms with Crippen molar-refractivity contribution in [2.24, 2.45) is 7.05 Å². The second-order valence-electron chi connectivity index (χ2n) is 6.37. The lowest BCUT2D eigenvalue weighted by atomic mass is 10.2. The molecule has 1 atom stereocenters. The second-order valence-corrected chi connectivity index (χ2v) is 7.36. The number of hydrogen-bond donors (Lipinski definition) is 2. The van der Waals surface area contributed by atoms with Gasteiger partial charge in [-0.05, 0) is 42.4 Å². The topological polar surface area (TPSA) is 84.7 Å². The number of aromatic nitrogens is 4. The van der Waals surface area contributed by atoms with E-state index in [0.29, 0.717) is 10.7 Å². The molecule has 3 heterocycles. The summed E-state index contributed by atoms with van der Waals surface area (Å²) in [6.45, 7) is 1.73. The highest BCUT2D eigenvalue weighted by Gasteiger charge is 2.19. The third-order valence-electron chi connectivity index (χ3n) is 4.48. The maximum atomic E-state index is 12.2. The first-order valence-corrected chi connectivity index (χ1v) is 9.62. The van der Waals surface area contributed by atoms with Gasteiger partial charge >= 0.3 is 0 Å². The number of nitrogens with one attached hydrogen (secondary N) is 2. The molecular weight excluding hydrogens is 360 g/mol. The Morgan fingerprint density at radius 2 is 2.07 bits per heavy atom. The zero-order valence-electron chi connectivity index (χ0n) is 14.9. The van der Waals surface area contributed by atoms with E-state index in [2.05, 4.69) is 37.9 Å². The van der Waals surface area contributed by atoms with Crippen LogP contribution in [0.1, 0.15) is 16.9 Å². The summed E-state index contributed by atoms with van der Waals surface area (Å²) in [6, 6.07) is 13.8. The third kappa shape index (κ3) is 4.01. The average Bonchev–Trinajstić information content (AvgIpc) is 3.33. The van der Waals surface area contributed by atoms with E-state index in [1.807, 2.05) is 36.0 Å². The number of nitrogens with zero attached hydrogens (tertiary/aromatic N) is 4. The van der Waals surface area contributed by atoms with Crippen molar-refractivity contribution in [3.63, 3.8) is 0 Å². The molecule has 138 valence electrons. The SMILES string of the molecule is Cn1c(-c2ccccc2)cnc1Sc1ccc(C(=O)NC2CCNC2)nn1. The van der Waals surface area contributed by atoms with Gasteiger partial charge < -0.3 is 15.2 Å². The van der Waals surface area contributed by atoms with Crippen molar-refractivity contribution in [2.45, 2.75) is 22.6 Å². The van der Waals surface area contributed by atoms with E-state index >= 15 is 0 Å². The summed E-state index contributed by atoms with van der Waals surface area (Å²) in [6.07, 6.45) is 2.79. The highest BCUT2D eigenvalue weighted by molar-refractivity contribution is 7.99. The summed E-state index contributed by atoms with van der Waals surface area (Å²) in [4.78, 5) is 16.7. The molecule has 8 heteroatoms. The molecule has 0 spiro atoms. The fourth-order valence-electron chi connectivity index (χ4n) is 2.99. The number of amides is 1. The van der Waals surface area contributed by atoms with Crippen molar-refractivity contribution in [2.75, 3.05) is 13.1 Å². The largest absolute Gasteiger partial charge is 0.347 e. The van der Waals surface area contributed by atoms with E-state index in [1.54, 1.807) is 12.1 Å². The van der Waals surface area contributed by atoms with Crippen LogP contribution < -0.4 is 10.6 Å². The van der Waals surface area contributed by atoms with Crippen LogP contribution in [0.15, 0.2) is 58.8 Å². The van der Waals surface area contributed by atoms with Gasteiger partial charge in [0.2, 0.25) is 0 Å². The summed E-state index contributed by atoms with van der Waals surface area (Å²) in [5.41, 5.74) is 2.47. The van der Waals surface area contributed by atoms with Gasteiger partial charge in [-0.2, -0.15) is 0 Å². The Morgan fingerprint density at radius 3 is 2.78 bits per heavy atom. The molecule has 0 radical (unpaired) electrons. The van der Waals surface area contributed by atoms with Crippen molar-refractivity contribution in [3.8, 4) is 11.3 Å². The summed E-state index contributed by atoms with van der Waals surface area (Å²) >= 11 is 1.42. The molecule has 1 fully saturated rings. The number of rotatable bonds is 5. The van der Waals surface area contributed by atoms with Crippen LogP contribution in [0.5, 0.6) is 0 Å². The molecule has 0 bridgehead atoms. The van der Waals surface area contributed by atoms with Crippen LogP contribution in [-0.4, -0.2) is 44.8 Å². The van der Waals surface area contributed by atoms with E-state index < -0.39 is 0 Å². The molecule has 0 saturated carbocycles. The Morgan fingerprint density at radius 1 is 1.22 bits per heavy atom. The van der Waals surface area contributed by atoms with E-state index in [1.165, 1.54) is 11.8 Å². The summed E-state index contributed by atoms with van der Waals surface area (Å²) in [7, 11) is 1.97. The van der Waals surface area contributed by atoms with Crippen LogP contribution in [0.3, 0.4) is 0 Å². The quantitative estimate of drug-likeness (QED) is 0.705. The van der Waals surface area contributed by atoms with Gasteiger partial charge in [0.1, 0.15) is 5.03 Å². The summed E-state index contributed by atoms with van der Waals surface area (Å²) < 4.78 is 2.02. The summed E-state index contributed by atoms with van der Waals surface area (Å²) in [5.74, 6) is -0.184. The Hall–Kier alpha value is -2.71. The molecule has 3 aromatic rings. The minimum absolute atomic E-state index is 0.164. The molecule has 0 aliphatic carbocycles. The van der Waals surface area contributed by atoms with Gasteiger partial charge in [-0.1, -0.05) is 30.3 Å². The molecule has 4 rings (SSSR count). The highest BCUT2D eigenvalue weighted by Crippen LogP contribution is 2.28. The van der Waals surface area contributed by atoms with Gasteiger partial charge in [0.25, 0.3) is 5.91 Å². The number of benzene rings is 1. The van der Waals surface area contributed by atoms with Gasteiger partial charge in [0.05, 0.1) is 11.9 Å². The predicted octanol–water partition coefficient (Wildman–Crippen LogP) is 2.12. The predicted molar refractivity (Wildman–Crippen MR) is 104 cm³/mol. The molecule has 1 saturated heterocycles. The van der Waals surface area contributed by atoms with E-state index in [4.69, 9.17) is 0 Å². The zero-order valence-corrected chi connectivity index (χ0v) is 15.7. The van der Waals surface area contributed by atoms with Crippen LogP contribution in [0.4, 0.5) is 0 Å². The third-order valence-corrected chi connectivity index (χ3v) is 5.47. The standard InChI is InChI=1S/C19H20N6OS/c1-25-16(13-5-3-2-4-6-13)12-21-19(25)27-17-8-7-15(23-24-17)18(26)22-14-9-10-20-11-14/h2-8,12,14,20H,9-11H2,1H3,(H,22,26). The van der Waals surface area contributed by atoms with Crippen molar-refractivity contribution in [3.05, 3.63) is 54.4 Å². The molecule has 1 aliphatic rings. The molecule has 7 nitrogen and oxygen atoms in total. The lowest BCUT2D eigenvalue weighted by Crippen LogP contribution is -2.36. The summed E-state index contributed by atoms with van der Waals surface area (Å²) in [5, 5.41) is 15.9. The fourth-order valence-corrected chi connectivity index (χ4v) is 3.74. The van der Waals surface area contributed by atoms with Gasteiger partial charge in [-0.15, -0.1) is 10.2 Å². The van der Waals surface area contributed by atoms with Crippen molar-refractivity contribution < 1.29 is 4.79 Å². The lowest BCUT2D eigenvalue weighted by Gasteiger charge is -2.10. The van der Waals surface area contributed by atoms with Crippen molar-refractivity contribution in [1.29, 1.82) is 0 Å². The van der Waals surface area contributed by atoms with Crippen LogP contribution in [0, 0.1) is 0 Å². The van der Waals surface area contributed by atoms with E-state index in [-0.39, 0.29) is 11.9 Å². The van der Waals surface area contributed by atoms with Crippen LogP contribution in [0.2, 0.25) is 0 Å². The first kappa shape index (κ1) is 17.7. The molecule has 1 amide bonds. The van der Waals surface area contributed by atoms with E-state index in [9.17, 15) is 4.79 Å². The zero-order chi connectivity index (χ0) is 18.6. The fraction of sp³-hybridized carbons (Fsp3) is 0.263. The minimum atomic E-state index is -0.184. The van der Waals surface area contributed by atoms with E-state index in [0.717, 1.165) is 35.9 Å². The Kier molecular flexibility index (Phi) is 5.17. The first-order chi connectivity index (χ1) is 13.2. The molecule has 1 unspecified atom stereocenters.